The van der Waals surface area contributed by atoms with Crippen molar-refractivity contribution in [3.63, 3.8) is 0 Å². The van der Waals surface area contributed by atoms with Crippen LogP contribution in [-0.2, 0) is 14.3 Å². The lowest BCUT2D eigenvalue weighted by atomic mass is 10.2. The van der Waals surface area contributed by atoms with Gasteiger partial charge in [-0.25, -0.2) is 0 Å². The van der Waals surface area contributed by atoms with Crippen molar-refractivity contribution < 1.29 is 14.3 Å². The lowest BCUT2D eigenvalue weighted by Crippen LogP contribution is -2.39. The maximum absolute atomic E-state index is 12.2. The van der Waals surface area contributed by atoms with Crippen LogP contribution in [0.25, 0.3) is 0 Å². The summed E-state index contributed by atoms with van der Waals surface area (Å²) in [4.78, 5) is 26.4. The molecule has 0 bridgehead atoms. The van der Waals surface area contributed by atoms with E-state index in [0.717, 1.165) is 25.9 Å². The number of nitrogens with two attached hydrogens (primary N) is 1. The van der Waals surface area contributed by atoms with E-state index in [4.69, 9.17) is 10.5 Å². The molecule has 25 heavy (non-hydrogen) atoms. The molecule has 1 saturated heterocycles. The zero-order chi connectivity index (χ0) is 18.1. The van der Waals surface area contributed by atoms with Crippen molar-refractivity contribution in [3.05, 3.63) is 24.3 Å². The molecule has 0 aliphatic carbocycles. The molecule has 1 aromatic carbocycles. The quantitative estimate of drug-likeness (QED) is 0.692. The van der Waals surface area contributed by atoms with Gasteiger partial charge in [0.2, 0.25) is 11.8 Å². The molecule has 2 rings (SSSR count). The molecule has 0 aromatic heterocycles. The first kappa shape index (κ1) is 19.4. The molecular formula is C18H28N4O3. The van der Waals surface area contributed by atoms with E-state index in [2.05, 4.69) is 15.5 Å². The Balaban J connectivity index is 1.87. The molecule has 4 N–H and O–H groups in total. The Labute approximate surface area is 148 Å². The molecule has 7 nitrogen and oxygen atoms in total. The van der Waals surface area contributed by atoms with Crippen LogP contribution < -0.4 is 16.4 Å². The molecule has 1 heterocycles. The smallest absolute Gasteiger partial charge is 0.243 e. The Bertz CT molecular complexity index is 571. The van der Waals surface area contributed by atoms with Crippen molar-refractivity contribution in [1.29, 1.82) is 0 Å². The first-order valence-corrected chi connectivity index (χ1v) is 8.76. The van der Waals surface area contributed by atoms with E-state index in [1.807, 2.05) is 0 Å². The molecule has 0 spiro atoms. The predicted octanol–water partition coefficient (Wildman–Crippen LogP) is 1.41. The molecule has 2 amide bonds. The average molecular weight is 348 g/mol. The second-order valence-corrected chi connectivity index (χ2v) is 6.37. The normalized spacial score (nSPS) is 16.7. The van der Waals surface area contributed by atoms with E-state index in [9.17, 15) is 9.59 Å². The van der Waals surface area contributed by atoms with Gasteiger partial charge in [0, 0.05) is 18.5 Å². The standard InChI is InChI=1S/C18H28N4O3/c1-25-13-16(19)18(24)21-15-8-6-7-14(11-15)20-17(23)12-22-9-4-2-3-5-10-22/h6-8,11,16H,2-5,9-10,12-13,19H2,1H3,(H,20,23)(H,21,24). The van der Waals surface area contributed by atoms with Crippen molar-refractivity contribution in [3.8, 4) is 0 Å². The number of rotatable bonds is 7. The van der Waals surface area contributed by atoms with Gasteiger partial charge in [-0.3, -0.25) is 14.5 Å². The van der Waals surface area contributed by atoms with Gasteiger partial charge in [0.05, 0.1) is 13.2 Å². The summed E-state index contributed by atoms with van der Waals surface area (Å²) in [5.74, 6) is -0.364. The van der Waals surface area contributed by atoms with Gasteiger partial charge >= 0.3 is 0 Å². The maximum Gasteiger partial charge on any atom is 0.243 e. The third kappa shape index (κ3) is 6.81. The van der Waals surface area contributed by atoms with Crippen LogP contribution in [0.3, 0.4) is 0 Å². The molecule has 1 fully saturated rings. The highest BCUT2D eigenvalue weighted by Gasteiger charge is 2.15. The van der Waals surface area contributed by atoms with Crippen LogP contribution in [0.15, 0.2) is 24.3 Å². The Kier molecular flexibility index (Phi) is 7.84. The Morgan fingerprint density at radius 1 is 1.16 bits per heavy atom. The monoisotopic (exact) mass is 348 g/mol. The highest BCUT2D eigenvalue weighted by molar-refractivity contribution is 5.96. The number of hydrogen-bond acceptors (Lipinski definition) is 5. The van der Waals surface area contributed by atoms with Gasteiger partial charge in [0.25, 0.3) is 0 Å². The SMILES string of the molecule is COCC(N)C(=O)Nc1cccc(NC(=O)CN2CCCCCC2)c1. The van der Waals surface area contributed by atoms with Crippen molar-refractivity contribution in [1.82, 2.24) is 4.90 Å². The number of ether oxygens (including phenoxy) is 1. The third-order valence-corrected chi connectivity index (χ3v) is 4.16. The second kappa shape index (κ2) is 10.1. The first-order chi connectivity index (χ1) is 12.1. The maximum atomic E-state index is 12.2. The Morgan fingerprint density at radius 2 is 1.80 bits per heavy atom. The van der Waals surface area contributed by atoms with Gasteiger partial charge in [0.1, 0.15) is 6.04 Å². The van der Waals surface area contributed by atoms with Gasteiger partial charge in [0.15, 0.2) is 0 Å². The largest absolute Gasteiger partial charge is 0.383 e. The van der Waals surface area contributed by atoms with E-state index < -0.39 is 6.04 Å². The van der Waals surface area contributed by atoms with Crippen LogP contribution in [0, 0.1) is 0 Å². The molecule has 0 radical (unpaired) electrons. The van der Waals surface area contributed by atoms with Crippen LogP contribution >= 0.6 is 0 Å². The van der Waals surface area contributed by atoms with Crippen molar-refractivity contribution in [2.75, 3.05) is 44.0 Å². The molecular weight excluding hydrogens is 320 g/mol. The van der Waals surface area contributed by atoms with Gasteiger partial charge < -0.3 is 21.1 Å². The summed E-state index contributed by atoms with van der Waals surface area (Å²) in [6.45, 7) is 2.50. The lowest BCUT2D eigenvalue weighted by molar-refractivity contribution is -0.118. The summed E-state index contributed by atoms with van der Waals surface area (Å²) in [5, 5.41) is 5.61. The number of benzene rings is 1. The van der Waals surface area contributed by atoms with Gasteiger partial charge in [-0.15, -0.1) is 0 Å². The van der Waals surface area contributed by atoms with E-state index in [0.29, 0.717) is 17.9 Å². The fourth-order valence-electron chi connectivity index (χ4n) is 2.86. The lowest BCUT2D eigenvalue weighted by Gasteiger charge is -2.19. The molecule has 7 heteroatoms. The number of hydrogen-bond donors (Lipinski definition) is 3. The minimum absolute atomic E-state index is 0.0403. The van der Waals surface area contributed by atoms with Gasteiger partial charge in [-0.1, -0.05) is 18.9 Å². The number of nitrogens with one attached hydrogen (secondary N) is 2. The minimum Gasteiger partial charge on any atom is -0.383 e. The summed E-state index contributed by atoms with van der Waals surface area (Å²) in [6.07, 6.45) is 4.78. The second-order valence-electron chi connectivity index (χ2n) is 6.37. The minimum atomic E-state index is -0.730. The van der Waals surface area contributed by atoms with Crippen LogP contribution in [0.4, 0.5) is 11.4 Å². The number of amides is 2. The number of likely N-dealkylation sites (tertiary alicyclic amines) is 1. The van der Waals surface area contributed by atoms with Gasteiger partial charge in [-0.05, 0) is 44.1 Å². The van der Waals surface area contributed by atoms with E-state index >= 15 is 0 Å². The zero-order valence-electron chi connectivity index (χ0n) is 14.8. The fourth-order valence-corrected chi connectivity index (χ4v) is 2.86. The molecule has 1 aromatic rings. The number of anilines is 2. The zero-order valence-corrected chi connectivity index (χ0v) is 14.8. The van der Waals surface area contributed by atoms with Crippen molar-refractivity contribution in [2.45, 2.75) is 31.7 Å². The summed E-state index contributed by atoms with van der Waals surface area (Å²) in [6, 6.07) is 6.32. The third-order valence-electron chi connectivity index (χ3n) is 4.16. The summed E-state index contributed by atoms with van der Waals surface area (Å²) < 4.78 is 4.87. The fraction of sp³-hybridized carbons (Fsp3) is 0.556. The highest BCUT2D eigenvalue weighted by atomic mass is 16.5. The first-order valence-electron chi connectivity index (χ1n) is 8.76. The molecule has 0 saturated carbocycles. The van der Waals surface area contributed by atoms with Crippen LogP contribution in [0.2, 0.25) is 0 Å². The number of carbonyl (C=O) groups excluding carboxylic acids is 2. The number of methoxy groups -OCH3 is 1. The summed E-state index contributed by atoms with van der Waals surface area (Å²) >= 11 is 0. The Hall–Kier alpha value is -1.96. The van der Waals surface area contributed by atoms with Crippen LogP contribution in [0.5, 0.6) is 0 Å². The van der Waals surface area contributed by atoms with E-state index in [1.54, 1.807) is 24.3 Å². The summed E-state index contributed by atoms with van der Waals surface area (Å²) in [7, 11) is 1.49. The molecule has 1 unspecified atom stereocenters. The van der Waals surface area contributed by atoms with Crippen LogP contribution in [-0.4, -0.2) is 56.1 Å². The molecule has 1 aliphatic rings. The Morgan fingerprint density at radius 3 is 2.44 bits per heavy atom. The van der Waals surface area contributed by atoms with Crippen molar-refractivity contribution in [2.24, 2.45) is 5.73 Å². The number of carbonyl (C=O) groups is 2. The topological polar surface area (TPSA) is 96.7 Å². The van der Waals surface area contributed by atoms with Gasteiger partial charge in [-0.2, -0.15) is 0 Å². The van der Waals surface area contributed by atoms with E-state index in [1.165, 1.54) is 20.0 Å². The molecule has 1 atom stereocenters. The van der Waals surface area contributed by atoms with Crippen molar-refractivity contribution >= 4 is 23.2 Å². The summed E-state index contributed by atoms with van der Waals surface area (Å²) in [5.41, 5.74) is 6.94. The molecule has 138 valence electrons. The number of nitrogens with zero attached hydrogens (tertiary/aromatic N) is 1. The van der Waals surface area contributed by atoms with Crippen LogP contribution in [0.1, 0.15) is 25.7 Å². The predicted molar refractivity (Wildman–Crippen MR) is 98.5 cm³/mol. The van der Waals surface area contributed by atoms with E-state index in [-0.39, 0.29) is 18.4 Å². The average Bonchev–Trinajstić information content (AvgIpc) is 2.84. The molecule has 1 aliphatic heterocycles. The highest BCUT2D eigenvalue weighted by Crippen LogP contribution is 2.16.